The summed E-state index contributed by atoms with van der Waals surface area (Å²) in [5, 5.41) is 21.1. The Morgan fingerprint density at radius 2 is 2.05 bits per heavy atom. The van der Waals surface area contributed by atoms with Crippen LogP contribution in [-0.2, 0) is 5.41 Å². The number of benzene rings is 1. The molecule has 5 heteroatoms. The van der Waals surface area contributed by atoms with E-state index in [1.54, 1.807) is 0 Å². The van der Waals surface area contributed by atoms with E-state index in [-0.39, 0.29) is 28.7 Å². The third kappa shape index (κ3) is 3.18. The minimum absolute atomic E-state index is 0.0357. The Morgan fingerprint density at radius 1 is 1.38 bits per heavy atom. The van der Waals surface area contributed by atoms with Crippen LogP contribution in [0.5, 0.6) is 5.75 Å². The van der Waals surface area contributed by atoms with Crippen LogP contribution in [0.1, 0.15) is 51.2 Å². The van der Waals surface area contributed by atoms with E-state index < -0.39 is 6.29 Å². The Morgan fingerprint density at radius 3 is 2.57 bits per heavy atom. The van der Waals surface area contributed by atoms with Gasteiger partial charge in [0.05, 0.1) is 5.92 Å². The summed E-state index contributed by atoms with van der Waals surface area (Å²) in [6, 6.07) is 5.77. The second-order valence-corrected chi connectivity index (χ2v) is 6.70. The maximum Gasteiger partial charge on any atom is 0.211 e. The Hall–Kier alpha value is -1.62. The summed E-state index contributed by atoms with van der Waals surface area (Å²) in [4.78, 5) is 10.7. The molecule has 1 heterocycles. The second-order valence-electron chi connectivity index (χ2n) is 6.70. The fraction of sp³-hybridized carbons (Fsp3) is 0.625. The fourth-order valence-electron chi connectivity index (χ4n) is 2.94. The lowest BCUT2D eigenvalue weighted by Crippen LogP contribution is -2.38. The first-order valence-electron chi connectivity index (χ1n) is 7.35. The van der Waals surface area contributed by atoms with E-state index >= 15 is 0 Å². The van der Waals surface area contributed by atoms with Crippen LogP contribution in [0, 0.1) is 16.0 Å². The Kier molecular flexibility index (Phi) is 4.23. The van der Waals surface area contributed by atoms with Crippen molar-refractivity contribution in [2.45, 2.75) is 51.7 Å². The van der Waals surface area contributed by atoms with Crippen LogP contribution in [0.25, 0.3) is 0 Å². The first-order valence-corrected chi connectivity index (χ1v) is 7.35. The van der Waals surface area contributed by atoms with Crippen LogP contribution in [0.15, 0.2) is 18.2 Å². The quantitative estimate of drug-likeness (QED) is 0.686. The second kappa shape index (κ2) is 5.64. The predicted molar refractivity (Wildman–Crippen MR) is 80.2 cm³/mol. The number of nitrogens with zero attached hydrogens (tertiary/aromatic N) is 1. The molecule has 0 bridgehead atoms. The van der Waals surface area contributed by atoms with Gasteiger partial charge in [0.1, 0.15) is 5.75 Å². The highest BCUT2D eigenvalue weighted by molar-refractivity contribution is 5.43. The lowest BCUT2D eigenvalue weighted by atomic mass is 9.78. The summed E-state index contributed by atoms with van der Waals surface area (Å²) in [6.45, 7) is 8.05. The normalized spacial score (nSPS) is 25.1. The fourth-order valence-corrected chi connectivity index (χ4v) is 2.94. The zero-order chi connectivity index (χ0) is 15.8. The highest BCUT2D eigenvalue weighted by Gasteiger charge is 2.39. The van der Waals surface area contributed by atoms with Gasteiger partial charge >= 0.3 is 0 Å². The third-order valence-electron chi connectivity index (χ3n) is 4.22. The minimum atomic E-state index is -0.979. The van der Waals surface area contributed by atoms with E-state index in [4.69, 9.17) is 4.74 Å². The Bertz CT molecular complexity index is 536. The highest BCUT2D eigenvalue weighted by Crippen LogP contribution is 2.42. The van der Waals surface area contributed by atoms with Crippen LogP contribution in [-0.4, -0.2) is 22.9 Å². The molecule has 0 saturated heterocycles. The maximum atomic E-state index is 11.0. The highest BCUT2D eigenvalue weighted by atomic mass is 16.6. The van der Waals surface area contributed by atoms with Crippen molar-refractivity contribution in [2.24, 2.45) is 5.92 Å². The largest absolute Gasteiger partial charge is 0.465 e. The Labute approximate surface area is 125 Å². The molecule has 5 nitrogen and oxygen atoms in total. The van der Waals surface area contributed by atoms with Gasteiger partial charge < -0.3 is 9.84 Å². The average Bonchev–Trinajstić information content (AvgIpc) is 2.36. The van der Waals surface area contributed by atoms with Gasteiger partial charge in [-0.3, -0.25) is 10.1 Å². The number of rotatable bonds is 3. The number of hydrogen-bond donors (Lipinski definition) is 1. The van der Waals surface area contributed by atoms with Gasteiger partial charge in [0.15, 0.2) is 0 Å². The molecule has 0 saturated carbocycles. The van der Waals surface area contributed by atoms with Crippen LogP contribution >= 0.6 is 0 Å². The zero-order valence-corrected chi connectivity index (χ0v) is 13.0. The van der Waals surface area contributed by atoms with Crippen molar-refractivity contribution in [2.75, 3.05) is 6.54 Å². The molecule has 1 aromatic carbocycles. The molecule has 0 aromatic heterocycles. The number of hydrogen-bond acceptors (Lipinski definition) is 4. The molecule has 116 valence electrons. The van der Waals surface area contributed by atoms with Crippen LogP contribution < -0.4 is 4.74 Å². The molecule has 1 aliphatic heterocycles. The number of aliphatic hydroxyl groups excluding tert-OH is 1. The lowest BCUT2D eigenvalue weighted by Gasteiger charge is -2.35. The molecular weight excluding hydrogens is 270 g/mol. The smallest absolute Gasteiger partial charge is 0.211 e. The number of fused-ring (bicyclic) bond motifs is 1. The minimum Gasteiger partial charge on any atom is -0.465 e. The molecule has 1 unspecified atom stereocenters. The van der Waals surface area contributed by atoms with Crippen molar-refractivity contribution < 1.29 is 14.8 Å². The van der Waals surface area contributed by atoms with Crippen LogP contribution in [0.2, 0.25) is 0 Å². The van der Waals surface area contributed by atoms with Gasteiger partial charge in [0.2, 0.25) is 12.8 Å². The van der Waals surface area contributed by atoms with E-state index in [1.165, 1.54) is 0 Å². The molecule has 1 N–H and O–H groups in total. The summed E-state index contributed by atoms with van der Waals surface area (Å²) in [7, 11) is 0. The summed E-state index contributed by atoms with van der Waals surface area (Å²) < 4.78 is 5.55. The van der Waals surface area contributed by atoms with E-state index in [0.717, 1.165) is 11.1 Å². The van der Waals surface area contributed by atoms with Crippen molar-refractivity contribution in [3.8, 4) is 5.75 Å². The van der Waals surface area contributed by atoms with Gasteiger partial charge in [-0.2, -0.15) is 0 Å². The van der Waals surface area contributed by atoms with E-state index in [9.17, 15) is 15.2 Å². The maximum absolute atomic E-state index is 11.0. The molecule has 0 aliphatic carbocycles. The molecule has 21 heavy (non-hydrogen) atoms. The summed E-state index contributed by atoms with van der Waals surface area (Å²) in [5.74, 6) is -0.00350. The molecule has 2 rings (SSSR count). The topological polar surface area (TPSA) is 72.6 Å². The molecule has 1 aromatic rings. The molecule has 0 amide bonds. The number of ether oxygens (including phenoxy) is 1. The standard InChI is InChI=1S/C16H23NO4/c1-5-11-13(9-17(19)20)12-8-10(16(2,3)4)6-7-14(12)21-15(11)18/h6-8,11,13,15,18H,5,9H2,1-4H3/t11-,13+,15?/m1/s1. The average molecular weight is 293 g/mol. The van der Waals surface area contributed by atoms with Gasteiger partial charge in [-0.15, -0.1) is 0 Å². The van der Waals surface area contributed by atoms with Gasteiger partial charge in [0, 0.05) is 16.4 Å². The van der Waals surface area contributed by atoms with Crippen molar-refractivity contribution in [3.05, 3.63) is 39.4 Å². The molecule has 0 fully saturated rings. The molecule has 3 atom stereocenters. The predicted octanol–water partition coefficient (Wildman–Crippen LogP) is 3.08. The molecule has 1 aliphatic rings. The van der Waals surface area contributed by atoms with E-state index in [2.05, 4.69) is 20.8 Å². The van der Waals surface area contributed by atoms with Gasteiger partial charge in [0.25, 0.3) is 0 Å². The van der Waals surface area contributed by atoms with E-state index in [1.807, 2.05) is 25.1 Å². The zero-order valence-electron chi connectivity index (χ0n) is 13.0. The molecular formula is C16H23NO4. The SMILES string of the molecule is CC[C@H]1C(O)Oc2ccc(C(C)(C)C)cc2[C@H]1C[N+](=O)[O-]. The van der Waals surface area contributed by atoms with Crippen molar-refractivity contribution >= 4 is 0 Å². The summed E-state index contributed by atoms with van der Waals surface area (Å²) >= 11 is 0. The van der Waals surface area contributed by atoms with Gasteiger partial charge in [-0.25, -0.2) is 0 Å². The molecule has 0 spiro atoms. The summed E-state index contributed by atoms with van der Waals surface area (Å²) in [6.07, 6.45) is -0.341. The monoisotopic (exact) mass is 293 g/mol. The molecule has 0 radical (unpaired) electrons. The first-order chi connectivity index (χ1) is 9.74. The van der Waals surface area contributed by atoms with Crippen LogP contribution in [0.4, 0.5) is 0 Å². The Balaban J connectivity index is 2.50. The first kappa shape index (κ1) is 15.8. The number of nitro groups is 1. The van der Waals surface area contributed by atoms with Gasteiger partial charge in [-0.05, 0) is 23.5 Å². The third-order valence-corrected chi connectivity index (χ3v) is 4.22. The van der Waals surface area contributed by atoms with Crippen molar-refractivity contribution in [1.29, 1.82) is 0 Å². The van der Waals surface area contributed by atoms with Crippen LogP contribution in [0.3, 0.4) is 0 Å². The van der Waals surface area contributed by atoms with Crippen molar-refractivity contribution in [1.82, 2.24) is 0 Å². The van der Waals surface area contributed by atoms with Gasteiger partial charge in [-0.1, -0.05) is 39.8 Å². The lowest BCUT2D eigenvalue weighted by molar-refractivity contribution is -0.486. The summed E-state index contributed by atoms with van der Waals surface area (Å²) in [5.41, 5.74) is 1.92. The number of aliphatic hydroxyl groups is 1. The van der Waals surface area contributed by atoms with Crippen molar-refractivity contribution in [3.63, 3.8) is 0 Å². The van der Waals surface area contributed by atoms with E-state index in [0.29, 0.717) is 12.2 Å².